The van der Waals surface area contributed by atoms with Crippen molar-refractivity contribution in [3.63, 3.8) is 0 Å². The fraction of sp³-hybridized carbons (Fsp3) is 0.182. The van der Waals surface area contributed by atoms with Crippen molar-refractivity contribution in [3.05, 3.63) is 89.3 Å². The zero-order valence-corrected chi connectivity index (χ0v) is 16.7. The SMILES string of the molecule is Cc1ccc2c(C(=O)N3CCc4[nH]cnc4C3c3cc4cccc(F)n4n3)cnn2c1. The number of nitrogens with zero attached hydrogens (tertiary/aromatic N) is 6. The van der Waals surface area contributed by atoms with Crippen LogP contribution >= 0.6 is 0 Å². The molecule has 1 atom stereocenters. The van der Waals surface area contributed by atoms with Crippen LogP contribution in [-0.4, -0.2) is 46.5 Å². The summed E-state index contributed by atoms with van der Waals surface area (Å²) in [6.07, 6.45) is 5.76. The first-order valence-corrected chi connectivity index (χ1v) is 10.0. The van der Waals surface area contributed by atoms with Gasteiger partial charge in [0.15, 0.2) is 0 Å². The van der Waals surface area contributed by atoms with E-state index in [1.165, 1.54) is 10.6 Å². The second kappa shape index (κ2) is 6.49. The van der Waals surface area contributed by atoms with Crippen LogP contribution in [0.3, 0.4) is 0 Å². The van der Waals surface area contributed by atoms with Crippen molar-refractivity contribution < 1.29 is 9.18 Å². The lowest BCUT2D eigenvalue weighted by Gasteiger charge is -2.33. The summed E-state index contributed by atoms with van der Waals surface area (Å²) in [5, 5.41) is 8.83. The molecule has 9 heteroatoms. The van der Waals surface area contributed by atoms with Crippen molar-refractivity contribution in [1.29, 1.82) is 0 Å². The van der Waals surface area contributed by atoms with Gasteiger partial charge < -0.3 is 9.88 Å². The molecule has 6 heterocycles. The normalized spacial score (nSPS) is 16.2. The molecule has 0 aliphatic carbocycles. The minimum atomic E-state index is -0.526. The van der Waals surface area contributed by atoms with Crippen LogP contribution in [0.25, 0.3) is 11.0 Å². The lowest BCUT2D eigenvalue weighted by atomic mass is 9.98. The summed E-state index contributed by atoms with van der Waals surface area (Å²) in [7, 11) is 0. The molecular formula is C22H18FN7O. The predicted octanol–water partition coefficient (Wildman–Crippen LogP) is 2.94. The molecule has 8 nitrogen and oxygen atoms in total. The average molecular weight is 415 g/mol. The number of aromatic amines is 1. The molecule has 31 heavy (non-hydrogen) atoms. The van der Waals surface area contributed by atoms with Crippen LogP contribution in [0.5, 0.6) is 0 Å². The fourth-order valence-corrected chi connectivity index (χ4v) is 4.34. The molecule has 0 bridgehead atoms. The Labute approximate surface area is 175 Å². The van der Waals surface area contributed by atoms with E-state index in [0.29, 0.717) is 29.7 Å². The van der Waals surface area contributed by atoms with E-state index in [-0.39, 0.29) is 5.91 Å². The molecule has 154 valence electrons. The molecule has 1 unspecified atom stereocenters. The molecule has 5 aromatic heterocycles. The van der Waals surface area contributed by atoms with Gasteiger partial charge in [0.1, 0.15) is 6.04 Å². The number of amides is 1. The van der Waals surface area contributed by atoms with Crippen LogP contribution in [0.4, 0.5) is 4.39 Å². The lowest BCUT2D eigenvalue weighted by molar-refractivity contribution is 0.0689. The number of imidazole rings is 1. The van der Waals surface area contributed by atoms with E-state index in [1.807, 2.05) is 25.3 Å². The van der Waals surface area contributed by atoms with Crippen molar-refractivity contribution in [2.45, 2.75) is 19.4 Å². The molecular weight excluding hydrogens is 397 g/mol. The summed E-state index contributed by atoms with van der Waals surface area (Å²) >= 11 is 0. The first kappa shape index (κ1) is 17.8. The topological polar surface area (TPSA) is 83.6 Å². The van der Waals surface area contributed by atoms with Crippen molar-refractivity contribution >= 4 is 16.9 Å². The van der Waals surface area contributed by atoms with Gasteiger partial charge in [0.25, 0.3) is 5.91 Å². The molecule has 0 aromatic carbocycles. The predicted molar refractivity (Wildman–Crippen MR) is 110 cm³/mol. The second-order valence-corrected chi connectivity index (χ2v) is 7.77. The van der Waals surface area contributed by atoms with Gasteiger partial charge >= 0.3 is 0 Å². The molecule has 0 spiro atoms. The van der Waals surface area contributed by atoms with Crippen molar-refractivity contribution in [2.24, 2.45) is 0 Å². The number of aromatic nitrogens is 6. The number of fused-ring (bicyclic) bond motifs is 3. The van der Waals surface area contributed by atoms with Crippen LogP contribution in [0.15, 0.2) is 55.1 Å². The highest BCUT2D eigenvalue weighted by molar-refractivity contribution is 6.01. The van der Waals surface area contributed by atoms with Crippen LogP contribution in [0.1, 0.15) is 39.0 Å². The van der Waals surface area contributed by atoms with Gasteiger partial charge in [-0.05, 0) is 36.8 Å². The summed E-state index contributed by atoms with van der Waals surface area (Å²) in [6.45, 7) is 2.46. The summed E-state index contributed by atoms with van der Waals surface area (Å²) in [5.74, 6) is -0.618. The standard InChI is InChI=1S/C22H18FN7O/c1-13-5-6-18-15(10-26-29(18)11-13)22(31)28-8-7-16-20(25-12-24-16)21(28)17-9-14-3-2-4-19(23)30(14)27-17/h2-6,9-12,21H,7-8H2,1H3,(H,24,25). The van der Waals surface area contributed by atoms with Gasteiger partial charge in [-0.1, -0.05) is 12.1 Å². The van der Waals surface area contributed by atoms with E-state index < -0.39 is 12.0 Å². The Hall–Kier alpha value is -4.01. The largest absolute Gasteiger partial charge is 0.348 e. The van der Waals surface area contributed by atoms with Crippen molar-refractivity contribution in [3.8, 4) is 0 Å². The monoisotopic (exact) mass is 415 g/mol. The van der Waals surface area contributed by atoms with Crippen LogP contribution in [-0.2, 0) is 6.42 Å². The Morgan fingerprint density at radius 2 is 2.16 bits per heavy atom. The Morgan fingerprint density at radius 3 is 3.03 bits per heavy atom. The molecule has 0 fully saturated rings. The van der Waals surface area contributed by atoms with E-state index in [1.54, 1.807) is 40.1 Å². The Morgan fingerprint density at radius 1 is 1.26 bits per heavy atom. The number of pyridine rings is 2. The van der Waals surface area contributed by atoms with E-state index in [9.17, 15) is 9.18 Å². The second-order valence-electron chi connectivity index (χ2n) is 7.77. The van der Waals surface area contributed by atoms with E-state index in [2.05, 4.69) is 20.2 Å². The summed E-state index contributed by atoms with van der Waals surface area (Å²) in [6, 6.07) is 9.91. The Bertz CT molecular complexity index is 1460. The number of halogens is 1. The van der Waals surface area contributed by atoms with Gasteiger partial charge in [-0.2, -0.15) is 14.6 Å². The maximum Gasteiger partial charge on any atom is 0.258 e. The number of carbonyl (C=O) groups is 1. The molecule has 0 saturated carbocycles. The summed E-state index contributed by atoms with van der Waals surface area (Å²) in [5.41, 5.74) is 5.19. The van der Waals surface area contributed by atoms with Crippen LogP contribution in [0, 0.1) is 12.9 Å². The number of carbonyl (C=O) groups excluding carboxylic acids is 1. The zero-order valence-electron chi connectivity index (χ0n) is 16.7. The molecule has 1 aliphatic rings. The maximum atomic E-state index is 14.3. The molecule has 0 saturated heterocycles. The molecule has 1 aliphatic heterocycles. The molecule has 1 amide bonds. The third-order valence-electron chi connectivity index (χ3n) is 5.82. The number of nitrogens with one attached hydrogen (secondary N) is 1. The Balaban J connectivity index is 1.49. The number of hydrogen-bond donors (Lipinski definition) is 1. The summed E-state index contributed by atoms with van der Waals surface area (Å²) < 4.78 is 17.2. The summed E-state index contributed by atoms with van der Waals surface area (Å²) in [4.78, 5) is 23.1. The smallest absolute Gasteiger partial charge is 0.258 e. The number of hydrogen-bond acceptors (Lipinski definition) is 4. The third-order valence-corrected chi connectivity index (χ3v) is 5.82. The molecule has 5 aromatic rings. The minimum absolute atomic E-state index is 0.157. The number of H-pyrrole nitrogens is 1. The first-order valence-electron chi connectivity index (χ1n) is 10.0. The van der Waals surface area contributed by atoms with Crippen molar-refractivity contribution in [2.75, 3.05) is 6.54 Å². The van der Waals surface area contributed by atoms with Gasteiger partial charge in [0, 0.05) is 24.9 Å². The van der Waals surface area contributed by atoms with Gasteiger partial charge in [-0.15, -0.1) is 0 Å². The van der Waals surface area contributed by atoms with Crippen molar-refractivity contribution in [1.82, 2.24) is 34.1 Å². The van der Waals surface area contributed by atoms with Gasteiger partial charge in [-0.25, -0.2) is 14.0 Å². The van der Waals surface area contributed by atoms with Gasteiger partial charge in [0.05, 0.1) is 40.5 Å². The highest BCUT2D eigenvalue weighted by Crippen LogP contribution is 2.34. The van der Waals surface area contributed by atoms with Gasteiger partial charge in [0.2, 0.25) is 5.95 Å². The lowest BCUT2D eigenvalue weighted by Crippen LogP contribution is -2.41. The fourth-order valence-electron chi connectivity index (χ4n) is 4.34. The maximum absolute atomic E-state index is 14.3. The minimum Gasteiger partial charge on any atom is -0.348 e. The molecule has 6 rings (SSSR count). The highest BCUT2D eigenvalue weighted by Gasteiger charge is 2.37. The zero-order chi connectivity index (χ0) is 21.1. The number of rotatable bonds is 2. The molecule has 0 radical (unpaired) electrons. The highest BCUT2D eigenvalue weighted by atomic mass is 19.1. The molecule has 1 N–H and O–H groups in total. The third kappa shape index (κ3) is 2.66. The van der Waals surface area contributed by atoms with E-state index in [0.717, 1.165) is 22.5 Å². The average Bonchev–Trinajstić information content (AvgIpc) is 3.50. The number of aryl methyl sites for hydroxylation is 1. The van der Waals surface area contributed by atoms with Crippen LogP contribution < -0.4 is 0 Å². The van der Waals surface area contributed by atoms with Crippen LogP contribution in [0.2, 0.25) is 0 Å². The first-order chi connectivity index (χ1) is 15.1. The Kier molecular flexibility index (Phi) is 3.73. The van der Waals surface area contributed by atoms with Gasteiger partial charge in [-0.3, -0.25) is 4.79 Å². The van der Waals surface area contributed by atoms with E-state index >= 15 is 0 Å². The quantitative estimate of drug-likeness (QED) is 0.450. The van der Waals surface area contributed by atoms with E-state index in [4.69, 9.17) is 0 Å².